The molecule has 2 aromatic heterocycles. The topological polar surface area (TPSA) is 75.3 Å². The molecule has 3 heterocycles. The predicted octanol–water partition coefficient (Wildman–Crippen LogP) is 2.23. The Labute approximate surface area is 137 Å². The molecule has 7 heteroatoms. The van der Waals surface area contributed by atoms with Gasteiger partial charge in [-0.15, -0.1) is 11.3 Å². The lowest BCUT2D eigenvalue weighted by Gasteiger charge is -2.13. The first-order valence-corrected chi connectivity index (χ1v) is 8.44. The number of carbonyl (C=O) groups excluding carboxylic acids is 1. The maximum Gasteiger partial charge on any atom is 0.348 e. The van der Waals surface area contributed by atoms with Crippen LogP contribution >= 0.6 is 11.3 Å². The third-order valence-corrected chi connectivity index (χ3v) is 5.11. The number of fused-ring (bicyclic) bond motifs is 1. The zero-order valence-electron chi connectivity index (χ0n) is 13.1. The molecule has 1 aliphatic rings. The molecular weight excluding hydrogens is 314 g/mol. The molecule has 1 fully saturated rings. The third kappa shape index (κ3) is 3.20. The molecule has 0 saturated carbocycles. The molecule has 23 heavy (non-hydrogen) atoms. The maximum atomic E-state index is 12.4. The zero-order chi connectivity index (χ0) is 16.4. The summed E-state index contributed by atoms with van der Waals surface area (Å²) in [5.41, 5.74) is 0.432. The number of aromatic amines is 1. The highest BCUT2D eigenvalue weighted by atomic mass is 32.1. The van der Waals surface area contributed by atoms with Crippen molar-refractivity contribution in [3.63, 3.8) is 0 Å². The van der Waals surface area contributed by atoms with Gasteiger partial charge in [0.1, 0.15) is 22.1 Å². The smallest absolute Gasteiger partial charge is 0.348 e. The molecule has 122 valence electrons. The normalized spacial score (nSPS) is 15.2. The second kappa shape index (κ2) is 6.64. The number of ether oxygens (including phenoxy) is 1. The molecule has 0 unspecified atom stereocenters. The van der Waals surface area contributed by atoms with Crippen molar-refractivity contribution in [3.05, 3.63) is 39.3 Å². The summed E-state index contributed by atoms with van der Waals surface area (Å²) in [7, 11) is 0. The van der Waals surface area contributed by atoms with Gasteiger partial charge in [0, 0.05) is 0 Å². The Morgan fingerprint density at radius 1 is 1.48 bits per heavy atom. The molecule has 0 aromatic carbocycles. The van der Waals surface area contributed by atoms with E-state index in [1.165, 1.54) is 30.3 Å². The predicted molar refractivity (Wildman–Crippen MR) is 90.0 cm³/mol. The van der Waals surface area contributed by atoms with Crippen molar-refractivity contribution in [2.45, 2.75) is 26.3 Å². The minimum absolute atomic E-state index is 0.149. The monoisotopic (exact) mass is 333 g/mol. The number of thiophene rings is 1. The van der Waals surface area contributed by atoms with Crippen LogP contribution in [0.1, 0.15) is 33.9 Å². The number of aromatic nitrogens is 2. The van der Waals surface area contributed by atoms with E-state index in [1.807, 2.05) is 0 Å². The maximum absolute atomic E-state index is 12.4. The first-order valence-electron chi connectivity index (χ1n) is 7.63. The second-order valence-corrected chi connectivity index (χ2v) is 6.62. The first kappa shape index (κ1) is 15.9. The van der Waals surface area contributed by atoms with Gasteiger partial charge in [-0.1, -0.05) is 12.7 Å². The van der Waals surface area contributed by atoms with Gasteiger partial charge in [0.25, 0.3) is 5.56 Å². The zero-order valence-corrected chi connectivity index (χ0v) is 13.9. The van der Waals surface area contributed by atoms with Crippen LogP contribution in [0, 0.1) is 6.92 Å². The van der Waals surface area contributed by atoms with E-state index >= 15 is 0 Å². The number of carbonyl (C=O) groups is 1. The third-order valence-electron chi connectivity index (χ3n) is 3.94. The molecule has 0 amide bonds. The highest BCUT2D eigenvalue weighted by Crippen LogP contribution is 2.27. The fourth-order valence-corrected chi connectivity index (χ4v) is 3.91. The van der Waals surface area contributed by atoms with Gasteiger partial charge in [0.2, 0.25) is 0 Å². The second-order valence-electron chi connectivity index (χ2n) is 5.62. The molecule has 3 rings (SSSR count). The van der Waals surface area contributed by atoms with E-state index in [9.17, 15) is 9.59 Å². The van der Waals surface area contributed by atoms with E-state index in [4.69, 9.17) is 4.74 Å². The van der Waals surface area contributed by atoms with Crippen molar-refractivity contribution in [1.82, 2.24) is 14.9 Å². The van der Waals surface area contributed by atoms with Crippen LogP contribution in [0.4, 0.5) is 0 Å². The number of esters is 1. The molecule has 6 nitrogen and oxygen atoms in total. The molecule has 0 atom stereocenters. The molecule has 1 N–H and O–H groups in total. The lowest BCUT2D eigenvalue weighted by atomic mass is 10.2. The number of rotatable bonds is 5. The number of hydrogen-bond acceptors (Lipinski definition) is 6. The Bertz CT molecular complexity index is 803. The summed E-state index contributed by atoms with van der Waals surface area (Å²) >= 11 is 1.21. The summed E-state index contributed by atoms with van der Waals surface area (Å²) in [4.78, 5) is 35.1. The van der Waals surface area contributed by atoms with E-state index in [0.717, 1.165) is 13.1 Å². The Hall–Kier alpha value is -1.99. The van der Waals surface area contributed by atoms with E-state index in [2.05, 4.69) is 21.4 Å². The first-order chi connectivity index (χ1) is 11.1. The van der Waals surface area contributed by atoms with Crippen molar-refractivity contribution in [1.29, 1.82) is 0 Å². The highest BCUT2D eigenvalue weighted by molar-refractivity contribution is 7.20. The van der Waals surface area contributed by atoms with E-state index in [0.29, 0.717) is 33.0 Å². The molecular formula is C16H19N3O3S. The molecule has 1 saturated heterocycles. The van der Waals surface area contributed by atoms with Gasteiger partial charge in [-0.05, 0) is 38.4 Å². The number of aryl methyl sites for hydroxylation is 1. The van der Waals surface area contributed by atoms with Gasteiger partial charge in [-0.3, -0.25) is 9.69 Å². The number of likely N-dealkylation sites (tertiary alicyclic amines) is 1. The van der Waals surface area contributed by atoms with Crippen LogP contribution < -0.4 is 5.56 Å². The molecule has 0 spiro atoms. The van der Waals surface area contributed by atoms with Crippen LogP contribution in [0.25, 0.3) is 10.2 Å². The summed E-state index contributed by atoms with van der Waals surface area (Å²) in [6, 6.07) is 0. The van der Waals surface area contributed by atoms with Crippen LogP contribution in [0.5, 0.6) is 0 Å². The molecule has 2 aromatic rings. The number of nitrogens with one attached hydrogen (secondary N) is 1. The van der Waals surface area contributed by atoms with Gasteiger partial charge >= 0.3 is 5.97 Å². The lowest BCUT2D eigenvalue weighted by molar-refractivity contribution is 0.0555. The summed E-state index contributed by atoms with van der Waals surface area (Å²) in [6.45, 7) is 8.12. The summed E-state index contributed by atoms with van der Waals surface area (Å²) < 4.78 is 5.07. The lowest BCUT2D eigenvalue weighted by Crippen LogP contribution is -2.22. The quantitative estimate of drug-likeness (QED) is 0.671. The van der Waals surface area contributed by atoms with Gasteiger partial charge in [-0.2, -0.15) is 0 Å². The number of hydrogen-bond donors (Lipinski definition) is 1. The van der Waals surface area contributed by atoms with Crippen LogP contribution in [0.15, 0.2) is 17.4 Å². The van der Waals surface area contributed by atoms with Gasteiger partial charge < -0.3 is 9.72 Å². The average Bonchev–Trinajstić information content (AvgIpc) is 3.13. The van der Waals surface area contributed by atoms with Crippen LogP contribution in [-0.4, -0.2) is 40.5 Å². The van der Waals surface area contributed by atoms with E-state index < -0.39 is 5.97 Å². The molecule has 0 bridgehead atoms. The summed E-state index contributed by atoms with van der Waals surface area (Å²) in [5, 5.41) is 0.478. The van der Waals surface area contributed by atoms with Crippen molar-refractivity contribution in [3.8, 4) is 0 Å². The summed E-state index contributed by atoms with van der Waals surface area (Å²) in [6.07, 6.45) is 3.88. The van der Waals surface area contributed by atoms with Crippen molar-refractivity contribution >= 4 is 27.5 Å². The molecule has 0 aliphatic carbocycles. The SMILES string of the molecule is C=CCOC(=O)c1sc2nc(CN3CCCC3)[nH]c(=O)c2c1C. The Kier molecular flexibility index (Phi) is 4.58. The Morgan fingerprint density at radius 2 is 2.22 bits per heavy atom. The minimum atomic E-state index is -0.439. The minimum Gasteiger partial charge on any atom is -0.457 e. The van der Waals surface area contributed by atoms with Crippen molar-refractivity contribution < 1.29 is 9.53 Å². The van der Waals surface area contributed by atoms with Gasteiger partial charge in [0.15, 0.2) is 0 Å². The van der Waals surface area contributed by atoms with Crippen molar-refractivity contribution in [2.24, 2.45) is 0 Å². The van der Waals surface area contributed by atoms with Crippen LogP contribution in [-0.2, 0) is 11.3 Å². The number of nitrogens with zero attached hydrogens (tertiary/aromatic N) is 2. The van der Waals surface area contributed by atoms with E-state index in [1.54, 1.807) is 6.92 Å². The number of H-pyrrole nitrogens is 1. The van der Waals surface area contributed by atoms with E-state index in [-0.39, 0.29) is 12.2 Å². The van der Waals surface area contributed by atoms with Gasteiger partial charge in [0.05, 0.1) is 11.9 Å². The molecule has 1 aliphatic heterocycles. The van der Waals surface area contributed by atoms with Crippen LogP contribution in [0.2, 0.25) is 0 Å². The summed E-state index contributed by atoms with van der Waals surface area (Å²) in [5.74, 6) is 0.211. The average molecular weight is 333 g/mol. The van der Waals surface area contributed by atoms with Crippen molar-refractivity contribution in [2.75, 3.05) is 19.7 Å². The van der Waals surface area contributed by atoms with Gasteiger partial charge in [-0.25, -0.2) is 9.78 Å². The fourth-order valence-electron chi connectivity index (χ4n) is 2.81. The largest absolute Gasteiger partial charge is 0.457 e. The Morgan fingerprint density at radius 3 is 2.91 bits per heavy atom. The Balaban J connectivity index is 1.95. The van der Waals surface area contributed by atoms with Crippen LogP contribution in [0.3, 0.4) is 0 Å². The standard InChI is InChI=1S/C16H19N3O3S/c1-3-8-22-16(21)13-10(2)12-14(20)17-11(18-15(12)23-13)9-19-6-4-5-7-19/h3H,1,4-9H2,2H3,(H,17,18,20). The highest BCUT2D eigenvalue weighted by Gasteiger charge is 2.21. The molecule has 0 radical (unpaired) electrons. The fraction of sp³-hybridized carbons (Fsp3) is 0.438.